The normalized spacial score (nSPS) is 11.1. The molecule has 0 aliphatic rings. The van der Waals surface area contributed by atoms with Crippen LogP contribution in [0.2, 0.25) is 0 Å². The van der Waals surface area contributed by atoms with Gasteiger partial charge in [0.2, 0.25) is 0 Å². The van der Waals surface area contributed by atoms with Crippen molar-refractivity contribution in [3.63, 3.8) is 0 Å². The molecule has 0 bridgehead atoms. The predicted molar refractivity (Wildman–Crippen MR) is 75.8 cm³/mol. The highest BCUT2D eigenvalue weighted by Crippen LogP contribution is 2.29. The summed E-state index contributed by atoms with van der Waals surface area (Å²) in [5, 5.41) is 0. The molecule has 0 aliphatic heterocycles. The summed E-state index contributed by atoms with van der Waals surface area (Å²) in [5.41, 5.74) is 3.71. The lowest BCUT2D eigenvalue weighted by atomic mass is 10.0. The van der Waals surface area contributed by atoms with Gasteiger partial charge in [0.05, 0.1) is 0 Å². The SMILES string of the molecule is CC(C)c1c(NN)ncnc1N(C)CCN(C)C. The predicted octanol–water partition coefficient (Wildman–Crippen LogP) is 0.883. The summed E-state index contributed by atoms with van der Waals surface area (Å²) < 4.78 is 0. The molecule has 0 aromatic carbocycles. The number of anilines is 2. The average molecular weight is 252 g/mol. The number of nitrogens with two attached hydrogens (primary N) is 1. The number of hydrazine groups is 1. The van der Waals surface area contributed by atoms with Gasteiger partial charge in [0, 0.05) is 25.7 Å². The van der Waals surface area contributed by atoms with Crippen LogP contribution in [0.25, 0.3) is 0 Å². The maximum absolute atomic E-state index is 5.51. The van der Waals surface area contributed by atoms with E-state index in [1.165, 1.54) is 0 Å². The first-order chi connectivity index (χ1) is 8.47. The third-order valence-electron chi connectivity index (χ3n) is 2.82. The molecule has 0 fully saturated rings. The Morgan fingerprint density at radius 3 is 2.39 bits per heavy atom. The topological polar surface area (TPSA) is 70.3 Å². The van der Waals surface area contributed by atoms with Crippen LogP contribution in [0.1, 0.15) is 25.3 Å². The molecule has 0 atom stereocenters. The molecule has 0 saturated carbocycles. The lowest BCUT2D eigenvalue weighted by Crippen LogP contribution is -2.30. The molecule has 1 rings (SSSR count). The average Bonchev–Trinajstić information content (AvgIpc) is 2.34. The molecule has 1 aromatic heterocycles. The Bertz CT molecular complexity index is 377. The number of hydrogen-bond donors (Lipinski definition) is 2. The van der Waals surface area contributed by atoms with Crippen LogP contribution in [0.4, 0.5) is 11.6 Å². The molecule has 0 radical (unpaired) electrons. The molecule has 0 amide bonds. The zero-order chi connectivity index (χ0) is 13.7. The van der Waals surface area contributed by atoms with E-state index in [0.29, 0.717) is 11.7 Å². The van der Waals surface area contributed by atoms with Gasteiger partial charge in [0.25, 0.3) is 0 Å². The molecule has 0 saturated heterocycles. The molecule has 1 heterocycles. The van der Waals surface area contributed by atoms with Crippen LogP contribution in [0.15, 0.2) is 6.33 Å². The fourth-order valence-electron chi connectivity index (χ4n) is 1.79. The summed E-state index contributed by atoms with van der Waals surface area (Å²) in [7, 11) is 6.16. The second kappa shape index (κ2) is 6.51. The summed E-state index contributed by atoms with van der Waals surface area (Å²) in [5.74, 6) is 7.47. The summed E-state index contributed by atoms with van der Waals surface area (Å²) >= 11 is 0. The summed E-state index contributed by atoms with van der Waals surface area (Å²) in [6.45, 7) is 6.11. The Hall–Kier alpha value is -1.40. The third kappa shape index (κ3) is 3.54. The molecule has 0 unspecified atom stereocenters. The van der Waals surface area contributed by atoms with E-state index in [1.54, 1.807) is 6.33 Å². The number of rotatable bonds is 6. The molecule has 0 spiro atoms. The molecular weight excluding hydrogens is 228 g/mol. The molecular formula is C12H24N6. The van der Waals surface area contributed by atoms with Gasteiger partial charge in [0.15, 0.2) is 0 Å². The van der Waals surface area contributed by atoms with E-state index in [9.17, 15) is 0 Å². The molecule has 3 N–H and O–H groups in total. The minimum absolute atomic E-state index is 0.314. The molecule has 0 aliphatic carbocycles. The molecule has 18 heavy (non-hydrogen) atoms. The molecule has 6 heteroatoms. The molecule has 6 nitrogen and oxygen atoms in total. The highest BCUT2D eigenvalue weighted by molar-refractivity contribution is 5.59. The van der Waals surface area contributed by atoms with Gasteiger partial charge < -0.3 is 15.2 Å². The Morgan fingerprint density at radius 2 is 1.89 bits per heavy atom. The van der Waals surface area contributed by atoms with Crippen LogP contribution >= 0.6 is 0 Å². The minimum Gasteiger partial charge on any atom is -0.358 e. The Morgan fingerprint density at radius 1 is 1.22 bits per heavy atom. The summed E-state index contributed by atoms with van der Waals surface area (Å²) in [6, 6.07) is 0. The smallest absolute Gasteiger partial charge is 0.148 e. The molecule has 102 valence electrons. The van der Waals surface area contributed by atoms with E-state index in [2.05, 4.69) is 53.1 Å². The van der Waals surface area contributed by atoms with Crippen LogP contribution in [-0.4, -0.2) is 49.1 Å². The van der Waals surface area contributed by atoms with Gasteiger partial charge in [0.1, 0.15) is 18.0 Å². The van der Waals surface area contributed by atoms with Gasteiger partial charge in [-0.15, -0.1) is 0 Å². The standard InChI is InChI=1S/C12H24N6/c1-9(2)10-11(16-13)14-8-15-12(10)18(5)7-6-17(3)4/h8-9H,6-7,13H2,1-5H3,(H,14,15,16). The van der Waals surface area contributed by atoms with Crippen molar-refractivity contribution in [2.75, 3.05) is 44.6 Å². The van der Waals surface area contributed by atoms with Crippen LogP contribution < -0.4 is 16.2 Å². The second-order valence-electron chi connectivity index (χ2n) is 4.98. The first-order valence-corrected chi connectivity index (χ1v) is 6.14. The number of aromatic nitrogens is 2. The quantitative estimate of drug-likeness (QED) is 0.578. The van der Waals surface area contributed by atoms with Gasteiger partial charge in [-0.3, -0.25) is 0 Å². The van der Waals surface area contributed by atoms with Gasteiger partial charge in [-0.2, -0.15) is 0 Å². The second-order valence-corrected chi connectivity index (χ2v) is 4.98. The van der Waals surface area contributed by atoms with E-state index in [1.807, 2.05) is 7.05 Å². The third-order valence-corrected chi connectivity index (χ3v) is 2.82. The van der Waals surface area contributed by atoms with E-state index in [0.717, 1.165) is 24.5 Å². The Labute approximate surface area is 109 Å². The Balaban J connectivity index is 2.99. The van der Waals surface area contributed by atoms with E-state index >= 15 is 0 Å². The van der Waals surface area contributed by atoms with Crippen molar-refractivity contribution < 1.29 is 0 Å². The van der Waals surface area contributed by atoms with Crippen molar-refractivity contribution in [3.05, 3.63) is 11.9 Å². The van der Waals surface area contributed by atoms with Crippen molar-refractivity contribution in [1.29, 1.82) is 0 Å². The van der Waals surface area contributed by atoms with Gasteiger partial charge in [-0.25, -0.2) is 15.8 Å². The van der Waals surface area contributed by atoms with Crippen LogP contribution in [-0.2, 0) is 0 Å². The van der Waals surface area contributed by atoms with Gasteiger partial charge >= 0.3 is 0 Å². The first kappa shape index (κ1) is 14.7. The van der Waals surface area contributed by atoms with Crippen molar-refractivity contribution in [3.8, 4) is 0 Å². The van der Waals surface area contributed by atoms with Crippen molar-refractivity contribution in [2.24, 2.45) is 5.84 Å². The monoisotopic (exact) mass is 252 g/mol. The number of nitrogens with one attached hydrogen (secondary N) is 1. The first-order valence-electron chi connectivity index (χ1n) is 6.14. The highest BCUT2D eigenvalue weighted by Gasteiger charge is 2.17. The zero-order valence-corrected chi connectivity index (χ0v) is 11.9. The van der Waals surface area contributed by atoms with Gasteiger partial charge in [-0.05, 0) is 20.0 Å². The maximum Gasteiger partial charge on any atom is 0.148 e. The van der Waals surface area contributed by atoms with Crippen LogP contribution in [0, 0.1) is 0 Å². The summed E-state index contributed by atoms with van der Waals surface area (Å²) in [4.78, 5) is 12.8. The van der Waals surface area contributed by atoms with E-state index in [4.69, 9.17) is 5.84 Å². The summed E-state index contributed by atoms with van der Waals surface area (Å²) in [6.07, 6.45) is 1.54. The van der Waals surface area contributed by atoms with Crippen LogP contribution in [0.3, 0.4) is 0 Å². The fourth-order valence-corrected chi connectivity index (χ4v) is 1.79. The van der Waals surface area contributed by atoms with Crippen LogP contribution in [0.5, 0.6) is 0 Å². The largest absolute Gasteiger partial charge is 0.358 e. The number of likely N-dealkylation sites (N-methyl/N-ethyl adjacent to an activating group) is 2. The number of nitrogens with zero attached hydrogens (tertiary/aromatic N) is 4. The fraction of sp³-hybridized carbons (Fsp3) is 0.667. The van der Waals surface area contributed by atoms with E-state index in [-0.39, 0.29) is 0 Å². The van der Waals surface area contributed by atoms with E-state index < -0.39 is 0 Å². The maximum atomic E-state index is 5.51. The van der Waals surface area contributed by atoms with Gasteiger partial charge in [-0.1, -0.05) is 13.8 Å². The highest BCUT2D eigenvalue weighted by atomic mass is 15.3. The lowest BCUT2D eigenvalue weighted by molar-refractivity contribution is 0.416. The minimum atomic E-state index is 0.314. The van der Waals surface area contributed by atoms with Crippen molar-refractivity contribution in [2.45, 2.75) is 19.8 Å². The lowest BCUT2D eigenvalue weighted by Gasteiger charge is -2.25. The Kier molecular flexibility index (Phi) is 5.30. The zero-order valence-electron chi connectivity index (χ0n) is 11.9. The molecule has 1 aromatic rings. The number of nitrogen functional groups attached to an aromatic ring is 1. The van der Waals surface area contributed by atoms with Crippen molar-refractivity contribution in [1.82, 2.24) is 14.9 Å². The number of hydrogen-bond acceptors (Lipinski definition) is 6. The van der Waals surface area contributed by atoms with Crippen molar-refractivity contribution >= 4 is 11.6 Å².